The molecule has 0 aliphatic heterocycles. The van der Waals surface area contributed by atoms with E-state index >= 15 is 0 Å². The zero-order valence-corrected chi connectivity index (χ0v) is 10.2. The standard InChI is InChI=1S/C14H15FO2/c1-8(2)14-10-5-4-9(15)6-11(10)12(16)7-13(14)17-3/h4-8,14H,1-3H3/t14-/m0/s1. The van der Waals surface area contributed by atoms with Crippen LogP contribution >= 0.6 is 0 Å². The summed E-state index contributed by atoms with van der Waals surface area (Å²) in [5.41, 5.74) is 1.30. The van der Waals surface area contributed by atoms with E-state index in [4.69, 9.17) is 4.74 Å². The number of hydrogen-bond donors (Lipinski definition) is 0. The average Bonchev–Trinajstić information content (AvgIpc) is 2.28. The van der Waals surface area contributed by atoms with Gasteiger partial charge in [0.25, 0.3) is 0 Å². The molecule has 0 radical (unpaired) electrons. The number of hydrogen-bond acceptors (Lipinski definition) is 2. The number of rotatable bonds is 2. The van der Waals surface area contributed by atoms with Gasteiger partial charge in [0.2, 0.25) is 0 Å². The van der Waals surface area contributed by atoms with Crippen LogP contribution in [0.3, 0.4) is 0 Å². The van der Waals surface area contributed by atoms with Crippen molar-refractivity contribution in [2.45, 2.75) is 19.8 Å². The van der Waals surface area contributed by atoms with E-state index in [9.17, 15) is 9.18 Å². The van der Waals surface area contributed by atoms with Crippen molar-refractivity contribution in [2.24, 2.45) is 5.92 Å². The number of ether oxygens (including phenoxy) is 1. The molecule has 0 amide bonds. The summed E-state index contributed by atoms with van der Waals surface area (Å²) in [6, 6.07) is 4.37. The van der Waals surface area contributed by atoms with Gasteiger partial charge in [0, 0.05) is 17.6 Å². The van der Waals surface area contributed by atoms with Crippen LogP contribution < -0.4 is 0 Å². The van der Waals surface area contributed by atoms with Crippen molar-refractivity contribution in [3.8, 4) is 0 Å². The maximum Gasteiger partial charge on any atom is 0.189 e. The van der Waals surface area contributed by atoms with E-state index in [0.717, 1.165) is 5.56 Å². The molecule has 1 aliphatic carbocycles. The highest BCUT2D eigenvalue weighted by molar-refractivity contribution is 6.07. The Morgan fingerprint density at radius 2 is 2.06 bits per heavy atom. The first-order valence-corrected chi connectivity index (χ1v) is 5.64. The summed E-state index contributed by atoms with van der Waals surface area (Å²) in [7, 11) is 1.56. The first-order chi connectivity index (χ1) is 8.04. The number of ketones is 1. The molecule has 2 rings (SSSR count). The van der Waals surface area contributed by atoms with Crippen molar-refractivity contribution in [2.75, 3.05) is 7.11 Å². The van der Waals surface area contributed by atoms with Crippen molar-refractivity contribution in [1.29, 1.82) is 0 Å². The summed E-state index contributed by atoms with van der Waals surface area (Å²) >= 11 is 0. The van der Waals surface area contributed by atoms with Crippen LogP contribution in [0.2, 0.25) is 0 Å². The zero-order valence-electron chi connectivity index (χ0n) is 10.2. The van der Waals surface area contributed by atoms with Crippen LogP contribution in [0.4, 0.5) is 4.39 Å². The second kappa shape index (κ2) is 4.32. The van der Waals surface area contributed by atoms with Gasteiger partial charge < -0.3 is 4.74 Å². The van der Waals surface area contributed by atoms with Gasteiger partial charge in [0.15, 0.2) is 5.78 Å². The van der Waals surface area contributed by atoms with Crippen LogP contribution in [0.15, 0.2) is 30.0 Å². The molecule has 1 aliphatic rings. The Morgan fingerprint density at radius 1 is 1.35 bits per heavy atom. The van der Waals surface area contributed by atoms with Gasteiger partial charge in [-0.3, -0.25) is 4.79 Å². The van der Waals surface area contributed by atoms with Gasteiger partial charge in [-0.05, 0) is 23.6 Å². The number of halogens is 1. The lowest BCUT2D eigenvalue weighted by Gasteiger charge is -2.28. The van der Waals surface area contributed by atoms with Gasteiger partial charge in [-0.1, -0.05) is 19.9 Å². The molecule has 0 N–H and O–H groups in total. The van der Waals surface area contributed by atoms with Crippen LogP contribution in [0.5, 0.6) is 0 Å². The number of carbonyl (C=O) groups is 1. The highest BCUT2D eigenvalue weighted by Gasteiger charge is 2.30. The lowest BCUT2D eigenvalue weighted by atomic mass is 9.79. The van der Waals surface area contributed by atoms with Gasteiger partial charge >= 0.3 is 0 Å². The molecule has 3 heteroatoms. The van der Waals surface area contributed by atoms with Gasteiger partial charge in [0.1, 0.15) is 11.6 Å². The predicted molar refractivity (Wildman–Crippen MR) is 63.4 cm³/mol. The number of fused-ring (bicyclic) bond motifs is 1. The van der Waals surface area contributed by atoms with E-state index in [1.807, 2.05) is 0 Å². The lowest BCUT2D eigenvalue weighted by molar-refractivity contribution is 0.103. The van der Waals surface area contributed by atoms with Gasteiger partial charge in [-0.15, -0.1) is 0 Å². The molecule has 2 nitrogen and oxygen atoms in total. The molecule has 0 saturated carbocycles. The van der Waals surface area contributed by atoms with Crippen molar-refractivity contribution in [3.63, 3.8) is 0 Å². The van der Waals surface area contributed by atoms with Gasteiger partial charge in [-0.2, -0.15) is 0 Å². The second-order valence-corrected chi connectivity index (χ2v) is 4.57. The first kappa shape index (κ1) is 11.8. The van der Waals surface area contributed by atoms with Crippen molar-refractivity contribution in [1.82, 2.24) is 0 Å². The third-order valence-corrected chi connectivity index (χ3v) is 3.10. The zero-order chi connectivity index (χ0) is 12.6. The van der Waals surface area contributed by atoms with Gasteiger partial charge in [0.05, 0.1) is 7.11 Å². The minimum Gasteiger partial charge on any atom is -0.500 e. The third-order valence-electron chi connectivity index (χ3n) is 3.10. The van der Waals surface area contributed by atoms with Gasteiger partial charge in [-0.25, -0.2) is 4.39 Å². The maximum atomic E-state index is 13.2. The molecule has 1 aromatic rings. The minimum atomic E-state index is -0.381. The molecular formula is C14H15FO2. The molecule has 0 bridgehead atoms. The molecule has 90 valence electrons. The number of carbonyl (C=O) groups excluding carboxylic acids is 1. The smallest absolute Gasteiger partial charge is 0.189 e. The van der Waals surface area contributed by atoms with Crippen molar-refractivity contribution < 1.29 is 13.9 Å². The Kier molecular flexibility index (Phi) is 3.01. The second-order valence-electron chi connectivity index (χ2n) is 4.57. The summed E-state index contributed by atoms with van der Waals surface area (Å²) in [6.45, 7) is 4.11. The van der Waals surface area contributed by atoms with Crippen LogP contribution in [0.25, 0.3) is 0 Å². The summed E-state index contributed by atoms with van der Waals surface area (Å²) in [4.78, 5) is 11.9. The number of benzene rings is 1. The maximum absolute atomic E-state index is 13.2. The lowest BCUT2D eigenvalue weighted by Crippen LogP contribution is -2.20. The number of allylic oxidation sites excluding steroid dienone is 2. The average molecular weight is 234 g/mol. The minimum absolute atomic E-state index is 0.0216. The SMILES string of the molecule is COC1=CC(=O)c2cc(F)ccc2[C@@H]1C(C)C. The summed E-state index contributed by atoms with van der Waals surface area (Å²) < 4.78 is 18.4. The molecule has 0 aromatic heterocycles. The quantitative estimate of drug-likeness (QED) is 0.784. The first-order valence-electron chi connectivity index (χ1n) is 5.64. The van der Waals surface area contributed by atoms with Crippen molar-refractivity contribution in [3.05, 3.63) is 47.0 Å². The molecule has 0 heterocycles. The van der Waals surface area contributed by atoms with E-state index in [-0.39, 0.29) is 17.5 Å². The Labute approximate surface area is 100 Å². The molecule has 0 fully saturated rings. The largest absolute Gasteiger partial charge is 0.500 e. The van der Waals surface area contributed by atoms with Crippen LogP contribution in [-0.4, -0.2) is 12.9 Å². The normalized spacial score (nSPS) is 19.0. The van der Waals surface area contributed by atoms with Crippen LogP contribution in [0, 0.1) is 11.7 Å². The third kappa shape index (κ3) is 1.97. The molecule has 1 aromatic carbocycles. The molecule has 0 spiro atoms. The van der Waals surface area contributed by atoms with Crippen LogP contribution in [-0.2, 0) is 4.74 Å². The summed E-state index contributed by atoms with van der Waals surface area (Å²) in [6.07, 6.45) is 1.46. The van der Waals surface area contributed by atoms with E-state index in [1.54, 1.807) is 13.2 Å². The van der Waals surface area contributed by atoms with E-state index in [1.165, 1.54) is 18.2 Å². The molecule has 0 unspecified atom stereocenters. The van der Waals surface area contributed by atoms with Crippen molar-refractivity contribution >= 4 is 5.78 Å². The molecule has 17 heavy (non-hydrogen) atoms. The van der Waals surface area contributed by atoms with E-state index < -0.39 is 0 Å². The molecular weight excluding hydrogens is 219 g/mol. The Bertz CT molecular complexity index is 489. The Hall–Kier alpha value is -1.64. The predicted octanol–water partition coefficient (Wildman–Crippen LogP) is 3.29. The fraction of sp³-hybridized carbons (Fsp3) is 0.357. The summed E-state index contributed by atoms with van der Waals surface area (Å²) in [5.74, 6) is 0.401. The monoisotopic (exact) mass is 234 g/mol. The van der Waals surface area contributed by atoms with Crippen LogP contribution in [0.1, 0.15) is 35.7 Å². The topological polar surface area (TPSA) is 26.3 Å². The molecule has 0 saturated heterocycles. The van der Waals surface area contributed by atoms with E-state index in [0.29, 0.717) is 17.2 Å². The number of methoxy groups -OCH3 is 1. The molecule has 1 atom stereocenters. The summed E-state index contributed by atoms with van der Waals surface area (Å²) in [5, 5.41) is 0. The fourth-order valence-electron chi connectivity index (χ4n) is 2.34. The Balaban J connectivity index is 2.59. The fourth-order valence-corrected chi connectivity index (χ4v) is 2.34. The Morgan fingerprint density at radius 3 is 2.65 bits per heavy atom. The highest BCUT2D eigenvalue weighted by Crippen LogP contribution is 2.38. The van der Waals surface area contributed by atoms with E-state index in [2.05, 4.69) is 13.8 Å². The highest BCUT2D eigenvalue weighted by atomic mass is 19.1.